The highest BCUT2D eigenvalue weighted by molar-refractivity contribution is 7.10. The lowest BCUT2D eigenvalue weighted by Gasteiger charge is -2.24. The van der Waals surface area contributed by atoms with Gasteiger partial charge in [0, 0.05) is 4.88 Å². The van der Waals surface area contributed by atoms with E-state index in [1.165, 1.54) is 4.88 Å². The van der Waals surface area contributed by atoms with Gasteiger partial charge in [-0.05, 0) is 48.4 Å². The van der Waals surface area contributed by atoms with E-state index in [0.717, 1.165) is 37.0 Å². The average Bonchev–Trinajstić information content (AvgIpc) is 2.92. The highest BCUT2D eigenvalue weighted by Gasteiger charge is 2.25. The van der Waals surface area contributed by atoms with Crippen molar-refractivity contribution in [2.24, 2.45) is 0 Å². The van der Waals surface area contributed by atoms with Gasteiger partial charge in [0.2, 0.25) is 0 Å². The fraction of sp³-hybridized carbons (Fsp3) is 0.267. The SMILES string of the molecule is Nc1cc(F)cc(C(=O)NC2CCCc3sccc32)c1F. The molecule has 1 amide bonds. The molecule has 1 aliphatic carbocycles. The molecule has 3 N–H and O–H groups in total. The maximum Gasteiger partial charge on any atom is 0.254 e. The van der Waals surface area contributed by atoms with Crippen LogP contribution in [0.3, 0.4) is 0 Å². The van der Waals surface area contributed by atoms with Crippen molar-refractivity contribution in [1.29, 1.82) is 0 Å². The Bertz CT molecular complexity index is 699. The summed E-state index contributed by atoms with van der Waals surface area (Å²) in [5.74, 6) is -2.24. The highest BCUT2D eigenvalue weighted by Crippen LogP contribution is 2.33. The van der Waals surface area contributed by atoms with Crippen LogP contribution in [-0.4, -0.2) is 5.91 Å². The van der Waals surface area contributed by atoms with Gasteiger partial charge in [0.1, 0.15) is 5.82 Å². The Hall–Kier alpha value is -1.95. The summed E-state index contributed by atoms with van der Waals surface area (Å²) in [5, 5.41) is 4.76. The van der Waals surface area contributed by atoms with Gasteiger partial charge in [0.25, 0.3) is 5.91 Å². The molecule has 0 saturated heterocycles. The molecule has 0 radical (unpaired) electrons. The largest absolute Gasteiger partial charge is 0.396 e. The van der Waals surface area contributed by atoms with E-state index >= 15 is 0 Å². The molecule has 0 saturated carbocycles. The number of nitrogens with two attached hydrogens (primary N) is 1. The average molecular weight is 308 g/mol. The van der Waals surface area contributed by atoms with E-state index in [-0.39, 0.29) is 17.3 Å². The lowest BCUT2D eigenvalue weighted by molar-refractivity contribution is 0.0928. The molecular weight excluding hydrogens is 294 g/mol. The summed E-state index contributed by atoms with van der Waals surface area (Å²) >= 11 is 1.65. The summed E-state index contributed by atoms with van der Waals surface area (Å²) < 4.78 is 27.2. The smallest absolute Gasteiger partial charge is 0.254 e. The second-order valence-electron chi connectivity index (χ2n) is 5.07. The fourth-order valence-corrected chi connectivity index (χ4v) is 3.64. The lowest BCUT2D eigenvalue weighted by atomic mass is 9.94. The second kappa shape index (κ2) is 5.44. The van der Waals surface area contributed by atoms with Gasteiger partial charge in [-0.3, -0.25) is 4.79 Å². The molecule has 1 heterocycles. The zero-order valence-electron chi connectivity index (χ0n) is 11.2. The van der Waals surface area contributed by atoms with Crippen LogP contribution < -0.4 is 11.1 Å². The number of nitrogens with one attached hydrogen (secondary N) is 1. The molecule has 1 atom stereocenters. The van der Waals surface area contributed by atoms with Gasteiger partial charge in [0.15, 0.2) is 5.82 Å². The van der Waals surface area contributed by atoms with E-state index < -0.39 is 17.5 Å². The Kier molecular flexibility index (Phi) is 3.63. The number of halogens is 2. The van der Waals surface area contributed by atoms with E-state index in [4.69, 9.17) is 5.73 Å². The van der Waals surface area contributed by atoms with Crippen molar-refractivity contribution in [3.05, 3.63) is 51.2 Å². The number of hydrogen-bond acceptors (Lipinski definition) is 3. The van der Waals surface area contributed by atoms with E-state index in [9.17, 15) is 13.6 Å². The topological polar surface area (TPSA) is 55.1 Å². The van der Waals surface area contributed by atoms with Crippen LogP contribution in [0.5, 0.6) is 0 Å². The Balaban J connectivity index is 1.86. The zero-order chi connectivity index (χ0) is 15.0. The number of carbonyl (C=O) groups excluding carboxylic acids is 1. The van der Waals surface area contributed by atoms with Gasteiger partial charge >= 0.3 is 0 Å². The maximum atomic E-state index is 13.9. The zero-order valence-corrected chi connectivity index (χ0v) is 12.0. The molecule has 21 heavy (non-hydrogen) atoms. The number of nitrogen functional groups attached to an aromatic ring is 1. The quantitative estimate of drug-likeness (QED) is 0.835. The van der Waals surface area contributed by atoms with Gasteiger partial charge in [0.05, 0.1) is 17.3 Å². The minimum Gasteiger partial charge on any atom is -0.396 e. The number of amides is 1. The van der Waals surface area contributed by atoms with Crippen molar-refractivity contribution in [2.75, 3.05) is 5.73 Å². The van der Waals surface area contributed by atoms with E-state index in [1.807, 2.05) is 11.4 Å². The first-order valence-electron chi connectivity index (χ1n) is 6.68. The maximum absolute atomic E-state index is 13.9. The molecule has 0 spiro atoms. The monoisotopic (exact) mass is 308 g/mol. The first kappa shape index (κ1) is 14.0. The predicted octanol–water partition coefficient (Wildman–Crippen LogP) is 3.42. The van der Waals surface area contributed by atoms with Crippen molar-refractivity contribution in [1.82, 2.24) is 5.32 Å². The molecular formula is C15H14F2N2OS. The Labute approximate surface area is 124 Å². The standard InChI is InChI=1S/C15H14F2N2OS/c16-8-6-10(14(17)11(18)7-8)15(20)19-12-2-1-3-13-9(12)4-5-21-13/h4-7,12H,1-3,18H2,(H,19,20). The minimum absolute atomic E-state index is 0.156. The molecule has 3 rings (SSSR count). The van der Waals surface area contributed by atoms with Crippen LogP contribution in [0.1, 0.15) is 39.7 Å². The molecule has 0 fully saturated rings. The Morgan fingerprint density at radius 1 is 1.38 bits per heavy atom. The Morgan fingerprint density at radius 2 is 2.19 bits per heavy atom. The minimum atomic E-state index is -0.879. The first-order chi connectivity index (χ1) is 10.1. The normalized spacial score (nSPS) is 17.3. The number of carbonyl (C=O) groups is 1. The van der Waals surface area contributed by atoms with Crippen LogP contribution in [0.25, 0.3) is 0 Å². The number of benzene rings is 1. The molecule has 2 aromatic rings. The Morgan fingerprint density at radius 3 is 3.00 bits per heavy atom. The van der Waals surface area contributed by atoms with Gasteiger partial charge in [-0.1, -0.05) is 0 Å². The van der Waals surface area contributed by atoms with Crippen molar-refractivity contribution in [3.63, 3.8) is 0 Å². The van der Waals surface area contributed by atoms with Gasteiger partial charge < -0.3 is 11.1 Å². The van der Waals surface area contributed by atoms with Crippen LogP contribution in [0.4, 0.5) is 14.5 Å². The van der Waals surface area contributed by atoms with Gasteiger partial charge in [-0.15, -0.1) is 11.3 Å². The molecule has 110 valence electrons. The lowest BCUT2D eigenvalue weighted by Crippen LogP contribution is -2.31. The third-order valence-electron chi connectivity index (χ3n) is 3.67. The summed E-state index contributed by atoms with van der Waals surface area (Å²) in [4.78, 5) is 13.4. The highest BCUT2D eigenvalue weighted by atomic mass is 32.1. The van der Waals surface area contributed by atoms with Crippen LogP contribution >= 0.6 is 11.3 Å². The van der Waals surface area contributed by atoms with Crippen molar-refractivity contribution >= 4 is 22.9 Å². The molecule has 1 aromatic carbocycles. The molecule has 1 aliphatic rings. The third kappa shape index (κ3) is 2.63. The molecule has 3 nitrogen and oxygen atoms in total. The van der Waals surface area contributed by atoms with E-state index in [2.05, 4.69) is 5.32 Å². The van der Waals surface area contributed by atoms with Crippen LogP contribution in [-0.2, 0) is 6.42 Å². The van der Waals surface area contributed by atoms with Crippen molar-refractivity contribution < 1.29 is 13.6 Å². The summed E-state index contributed by atoms with van der Waals surface area (Å²) in [6, 6.07) is 3.55. The summed E-state index contributed by atoms with van der Waals surface area (Å²) in [7, 11) is 0. The summed E-state index contributed by atoms with van der Waals surface area (Å²) in [6.45, 7) is 0. The number of aryl methyl sites for hydroxylation is 1. The van der Waals surface area contributed by atoms with E-state index in [1.54, 1.807) is 11.3 Å². The van der Waals surface area contributed by atoms with Gasteiger partial charge in [-0.25, -0.2) is 8.78 Å². The fourth-order valence-electron chi connectivity index (χ4n) is 2.65. The van der Waals surface area contributed by atoms with Crippen molar-refractivity contribution in [2.45, 2.75) is 25.3 Å². The predicted molar refractivity (Wildman–Crippen MR) is 78.2 cm³/mol. The van der Waals surface area contributed by atoms with Crippen LogP contribution in [0.15, 0.2) is 23.6 Å². The number of anilines is 1. The third-order valence-corrected chi connectivity index (χ3v) is 4.66. The molecule has 1 aromatic heterocycles. The molecule has 1 unspecified atom stereocenters. The summed E-state index contributed by atoms with van der Waals surface area (Å²) in [5.41, 5.74) is 5.72. The number of thiophene rings is 1. The number of rotatable bonds is 2. The summed E-state index contributed by atoms with van der Waals surface area (Å²) in [6.07, 6.45) is 2.76. The number of hydrogen-bond donors (Lipinski definition) is 2. The molecule has 6 heteroatoms. The van der Waals surface area contributed by atoms with E-state index in [0.29, 0.717) is 0 Å². The number of fused-ring (bicyclic) bond motifs is 1. The molecule has 0 aliphatic heterocycles. The second-order valence-corrected chi connectivity index (χ2v) is 6.07. The molecule has 0 bridgehead atoms. The van der Waals surface area contributed by atoms with Gasteiger partial charge in [-0.2, -0.15) is 0 Å². The first-order valence-corrected chi connectivity index (χ1v) is 7.56. The van der Waals surface area contributed by atoms with Crippen molar-refractivity contribution in [3.8, 4) is 0 Å². The van der Waals surface area contributed by atoms with Crippen LogP contribution in [0, 0.1) is 11.6 Å². The van der Waals surface area contributed by atoms with Crippen LogP contribution in [0.2, 0.25) is 0 Å².